The smallest absolute Gasteiger partial charge is 0.228 e. The summed E-state index contributed by atoms with van der Waals surface area (Å²) < 4.78 is 10.1. The molecule has 0 bridgehead atoms. The van der Waals surface area contributed by atoms with Gasteiger partial charge >= 0.3 is 0 Å². The van der Waals surface area contributed by atoms with E-state index in [4.69, 9.17) is 9.37 Å². The van der Waals surface area contributed by atoms with Crippen molar-refractivity contribution < 1.29 is 19.0 Å². The van der Waals surface area contributed by atoms with Gasteiger partial charge < -0.3 is 14.5 Å². The third-order valence-electron chi connectivity index (χ3n) is 6.65. The maximum Gasteiger partial charge on any atom is 0.228 e. The van der Waals surface area contributed by atoms with E-state index in [1.807, 2.05) is 4.90 Å². The average molecular weight is 390 g/mol. The largest absolute Gasteiger partial charge is 0.381 e. The molecule has 3 aliphatic rings. The standard InChI is InChI=1S/C20H30N4O4/c1-14-18(22-28-21-14)11-19(25)23-7-2-3-16(12-23)17-4-8-24(13-17)20(26)15-5-9-27-10-6-15/h15-17H,2-13H2,1H3. The Morgan fingerprint density at radius 1 is 1.00 bits per heavy atom. The number of aryl methyl sites for hydroxylation is 1. The van der Waals surface area contributed by atoms with Crippen LogP contribution in [0.15, 0.2) is 4.63 Å². The van der Waals surface area contributed by atoms with Crippen molar-refractivity contribution in [2.45, 2.75) is 45.4 Å². The second-order valence-electron chi connectivity index (χ2n) is 8.43. The molecule has 4 heterocycles. The van der Waals surface area contributed by atoms with Gasteiger partial charge in [-0.3, -0.25) is 9.59 Å². The Kier molecular flexibility index (Phi) is 5.94. The molecule has 2 atom stereocenters. The van der Waals surface area contributed by atoms with Crippen molar-refractivity contribution in [2.75, 3.05) is 39.4 Å². The number of hydrogen-bond acceptors (Lipinski definition) is 6. The molecule has 3 fully saturated rings. The lowest BCUT2D eigenvalue weighted by Crippen LogP contribution is -2.44. The maximum absolute atomic E-state index is 12.8. The monoisotopic (exact) mass is 390 g/mol. The molecule has 3 aliphatic heterocycles. The lowest BCUT2D eigenvalue weighted by molar-refractivity contribution is -0.138. The second-order valence-corrected chi connectivity index (χ2v) is 8.43. The SMILES string of the molecule is Cc1nonc1CC(=O)N1CCCC(C2CCN(C(=O)C3CCOCC3)C2)C1. The fourth-order valence-electron chi connectivity index (χ4n) is 4.86. The summed E-state index contributed by atoms with van der Waals surface area (Å²) in [5.74, 6) is 1.51. The Hall–Kier alpha value is -1.96. The summed E-state index contributed by atoms with van der Waals surface area (Å²) in [5, 5.41) is 7.59. The number of aromatic nitrogens is 2. The number of amides is 2. The highest BCUT2D eigenvalue weighted by molar-refractivity contribution is 5.79. The number of rotatable bonds is 4. The summed E-state index contributed by atoms with van der Waals surface area (Å²) in [6.45, 7) is 6.50. The first-order valence-corrected chi connectivity index (χ1v) is 10.5. The van der Waals surface area contributed by atoms with Gasteiger partial charge in [0.25, 0.3) is 0 Å². The van der Waals surface area contributed by atoms with Crippen molar-refractivity contribution in [3.05, 3.63) is 11.4 Å². The van der Waals surface area contributed by atoms with Crippen molar-refractivity contribution in [2.24, 2.45) is 17.8 Å². The maximum atomic E-state index is 12.8. The predicted molar refractivity (Wildman–Crippen MR) is 100 cm³/mol. The van der Waals surface area contributed by atoms with E-state index in [0.717, 1.165) is 58.3 Å². The summed E-state index contributed by atoms with van der Waals surface area (Å²) in [4.78, 5) is 29.5. The van der Waals surface area contributed by atoms with Crippen LogP contribution in [0.3, 0.4) is 0 Å². The van der Waals surface area contributed by atoms with Crippen LogP contribution in [0, 0.1) is 24.7 Å². The van der Waals surface area contributed by atoms with E-state index in [1.165, 1.54) is 0 Å². The molecule has 0 N–H and O–H groups in total. The Morgan fingerprint density at radius 3 is 2.50 bits per heavy atom. The Morgan fingerprint density at radius 2 is 1.75 bits per heavy atom. The van der Waals surface area contributed by atoms with Crippen molar-refractivity contribution in [3.63, 3.8) is 0 Å². The van der Waals surface area contributed by atoms with Gasteiger partial charge in [0.1, 0.15) is 11.4 Å². The predicted octanol–water partition coefficient (Wildman–Crippen LogP) is 1.43. The van der Waals surface area contributed by atoms with E-state index < -0.39 is 0 Å². The molecule has 0 spiro atoms. The van der Waals surface area contributed by atoms with E-state index in [-0.39, 0.29) is 18.2 Å². The van der Waals surface area contributed by atoms with E-state index in [0.29, 0.717) is 42.3 Å². The Labute approximate surface area is 165 Å². The molecular weight excluding hydrogens is 360 g/mol. The summed E-state index contributed by atoms with van der Waals surface area (Å²) in [5.41, 5.74) is 1.31. The molecule has 4 rings (SSSR count). The highest BCUT2D eigenvalue weighted by Gasteiger charge is 2.37. The van der Waals surface area contributed by atoms with Crippen LogP contribution in [-0.2, 0) is 20.7 Å². The molecular formula is C20H30N4O4. The van der Waals surface area contributed by atoms with Crippen molar-refractivity contribution in [3.8, 4) is 0 Å². The van der Waals surface area contributed by atoms with Crippen LogP contribution in [0.5, 0.6) is 0 Å². The normalized spacial score (nSPS) is 26.6. The van der Waals surface area contributed by atoms with Crippen molar-refractivity contribution in [1.82, 2.24) is 20.1 Å². The number of nitrogens with zero attached hydrogens (tertiary/aromatic N) is 4. The zero-order valence-electron chi connectivity index (χ0n) is 16.6. The van der Waals surface area contributed by atoms with Gasteiger partial charge in [-0.15, -0.1) is 0 Å². The second kappa shape index (κ2) is 8.59. The van der Waals surface area contributed by atoms with Crippen LogP contribution in [0.25, 0.3) is 0 Å². The molecule has 1 aromatic rings. The summed E-state index contributed by atoms with van der Waals surface area (Å²) >= 11 is 0. The highest BCUT2D eigenvalue weighted by atomic mass is 16.6. The van der Waals surface area contributed by atoms with Gasteiger partial charge in [0.15, 0.2) is 0 Å². The topological polar surface area (TPSA) is 88.8 Å². The van der Waals surface area contributed by atoms with Crippen molar-refractivity contribution >= 4 is 11.8 Å². The molecule has 3 saturated heterocycles. The molecule has 154 valence electrons. The molecule has 0 aromatic carbocycles. The van der Waals surface area contributed by atoms with E-state index in [9.17, 15) is 9.59 Å². The molecule has 8 heteroatoms. The molecule has 28 heavy (non-hydrogen) atoms. The molecule has 8 nitrogen and oxygen atoms in total. The minimum absolute atomic E-state index is 0.0941. The van der Waals surface area contributed by atoms with Crippen LogP contribution >= 0.6 is 0 Å². The van der Waals surface area contributed by atoms with Gasteiger partial charge in [-0.2, -0.15) is 0 Å². The van der Waals surface area contributed by atoms with Gasteiger partial charge in [-0.25, -0.2) is 4.63 Å². The number of ether oxygens (including phenoxy) is 1. The fraction of sp³-hybridized carbons (Fsp3) is 0.800. The molecule has 1 aromatic heterocycles. The summed E-state index contributed by atoms with van der Waals surface area (Å²) in [7, 11) is 0. The Balaban J connectivity index is 1.30. The lowest BCUT2D eigenvalue weighted by Gasteiger charge is -2.36. The summed E-state index contributed by atoms with van der Waals surface area (Å²) in [6.07, 6.45) is 5.16. The summed E-state index contributed by atoms with van der Waals surface area (Å²) in [6, 6.07) is 0. The number of likely N-dealkylation sites (tertiary alicyclic amines) is 2. The quantitative estimate of drug-likeness (QED) is 0.773. The third kappa shape index (κ3) is 4.21. The van der Waals surface area contributed by atoms with E-state index in [2.05, 4.69) is 15.2 Å². The zero-order valence-corrected chi connectivity index (χ0v) is 16.6. The van der Waals surface area contributed by atoms with Crippen LogP contribution < -0.4 is 0 Å². The number of hydrogen-bond donors (Lipinski definition) is 0. The molecule has 0 aliphatic carbocycles. The number of carbonyl (C=O) groups excluding carboxylic acids is 2. The fourth-order valence-corrected chi connectivity index (χ4v) is 4.86. The van der Waals surface area contributed by atoms with Gasteiger partial charge in [0, 0.05) is 45.3 Å². The van der Waals surface area contributed by atoms with Crippen LogP contribution in [0.4, 0.5) is 0 Å². The highest BCUT2D eigenvalue weighted by Crippen LogP contribution is 2.32. The number of carbonyl (C=O) groups is 2. The van der Waals surface area contributed by atoms with Gasteiger partial charge in [-0.05, 0) is 50.9 Å². The van der Waals surface area contributed by atoms with Gasteiger partial charge in [-0.1, -0.05) is 10.3 Å². The van der Waals surface area contributed by atoms with E-state index >= 15 is 0 Å². The van der Waals surface area contributed by atoms with Gasteiger partial charge in [0.05, 0.1) is 6.42 Å². The van der Waals surface area contributed by atoms with Crippen LogP contribution in [-0.4, -0.2) is 71.3 Å². The Bertz CT molecular complexity index is 700. The van der Waals surface area contributed by atoms with Gasteiger partial charge in [0.2, 0.25) is 11.8 Å². The molecule has 2 unspecified atom stereocenters. The number of piperidine rings is 1. The van der Waals surface area contributed by atoms with Crippen LogP contribution in [0.1, 0.15) is 43.5 Å². The molecule has 0 radical (unpaired) electrons. The molecule has 0 saturated carbocycles. The minimum Gasteiger partial charge on any atom is -0.381 e. The van der Waals surface area contributed by atoms with E-state index in [1.54, 1.807) is 6.92 Å². The van der Waals surface area contributed by atoms with Crippen LogP contribution in [0.2, 0.25) is 0 Å². The molecule has 2 amide bonds. The third-order valence-corrected chi connectivity index (χ3v) is 6.65. The first kappa shape index (κ1) is 19.4. The average Bonchev–Trinajstić information content (AvgIpc) is 3.38. The minimum atomic E-state index is 0.0941. The lowest BCUT2D eigenvalue weighted by atomic mass is 9.84. The first-order valence-electron chi connectivity index (χ1n) is 10.5. The zero-order chi connectivity index (χ0) is 19.5. The van der Waals surface area contributed by atoms with Crippen molar-refractivity contribution in [1.29, 1.82) is 0 Å². The first-order chi connectivity index (χ1) is 13.6.